The van der Waals surface area contributed by atoms with E-state index in [1.54, 1.807) is 4.90 Å². The minimum atomic E-state index is -1.66. The molecule has 1 heterocycles. The highest BCUT2D eigenvalue weighted by Gasteiger charge is 2.41. The number of hydrogen-bond donors (Lipinski definition) is 2. The Labute approximate surface area is 108 Å². The zero-order valence-electron chi connectivity index (χ0n) is 11.6. The minimum absolute atomic E-state index is 0.0370. The van der Waals surface area contributed by atoms with Crippen LogP contribution in [0.4, 0.5) is 0 Å². The number of carboxylic acids is 1. The zero-order chi connectivity index (χ0) is 14.1. The van der Waals surface area contributed by atoms with Gasteiger partial charge in [0.2, 0.25) is 5.91 Å². The molecule has 1 atom stereocenters. The van der Waals surface area contributed by atoms with Crippen molar-refractivity contribution in [1.82, 2.24) is 4.90 Å². The lowest BCUT2D eigenvalue weighted by Crippen LogP contribution is -2.52. The van der Waals surface area contributed by atoms with Crippen molar-refractivity contribution in [2.24, 2.45) is 11.3 Å². The van der Waals surface area contributed by atoms with E-state index < -0.39 is 11.6 Å². The molecule has 0 aromatic carbocycles. The Morgan fingerprint density at radius 2 is 1.67 bits per heavy atom. The number of carbonyl (C=O) groups excluding carboxylic acids is 1. The molecule has 1 rings (SSSR count). The van der Waals surface area contributed by atoms with Gasteiger partial charge >= 0.3 is 5.97 Å². The van der Waals surface area contributed by atoms with E-state index in [0.717, 1.165) is 0 Å². The summed E-state index contributed by atoms with van der Waals surface area (Å²) < 4.78 is 0. The second-order valence-corrected chi connectivity index (χ2v) is 6.25. The number of aliphatic hydroxyl groups is 1. The van der Waals surface area contributed by atoms with Crippen LogP contribution < -0.4 is 0 Å². The average Bonchev–Trinajstić information content (AvgIpc) is 2.26. The zero-order valence-corrected chi connectivity index (χ0v) is 11.6. The van der Waals surface area contributed by atoms with E-state index in [4.69, 9.17) is 5.11 Å². The molecule has 1 aliphatic heterocycles. The molecule has 0 radical (unpaired) electrons. The van der Waals surface area contributed by atoms with Crippen LogP contribution in [0.3, 0.4) is 0 Å². The number of rotatable bonds is 2. The summed E-state index contributed by atoms with van der Waals surface area (Å²) in [6.45, 7) is 8.53. The van der Waals surface area contributed by atoms with Crippen LogP contribution in [0, 0.1) is 11.3 Å². The van der Waals surface area contributed by atoms with E-state index in [-0.39, 0.29) is 30.1 Å². The fraction of sp³-hybridized carbons (Fsp3) is 0.846. The van der Waals surface area contributed by atoms with Crippen molar-refractivity contribution in [3.63, 3.8) is 0 Å². The molecule has 0 aromatic heterocycles. The molecule has 1 unspecified atom stereocenters. The number of hydrogen-bond acceptors (Lipinski definition) is 3. The van der Waals surface area contributed by atoms with Crippen molar-refractivity contribution in [2.75, 3.05) is 13.1 Å². The van der Waals surface area contributed by atoms with E-state index in [0.29, 0.717) is 13.1 Å². The van der Waals surface area contributed by atoms with Crippen molar-refractivity contribution >= 4 is 11.9 Å². The van der Waals surface area contributed by atoms with Gasteiger partial charge in [-0.05, 0) is 5.41 Å². The largest absolute Gasteiger partial charge is 0.479 e. The molecule has 2 N–H and O–H groups in total. The normalized spacial score (nSPS) is 21.5. The van der Waals surface area contributed by atoms with Crippen LogP contribution in [-0.2, 0) is 9.59 Å². The Bertz CT molecular complexity index is 337. The second kappa shape index (κ2) is 4.88. The molecule has 0 bridgehead atoms. The molecule has 0 aromatic rings. The van der Waals surface area contributed by atoms with E-state index >= 15 is 0 Å². The summed E-state index contributed by atoms with van der Waals surface area (Å²) in [5.41, 5.74) is -1.78. The smallest absolute Gasteiger partial charge is 0.335 e. The third-order valence-corrected chi connectivity index (χ3v) is 3.97. The summed E-state index contributed by atoms with van der Waals surface area (Å²) in [7, 11) is 0. The minimum Gasteiger partial charge on any atom is -0.479 e. The lowest BCUT2D eigenvalue weighted by Gasteiger charge is -2.38. The lowest BCUT2D eigenvalue weighted by molar-refractivity contribution is -0.166. The average molecular weight is 257 g/mol. The Morgan fingerprint density at radius 1 is 1.22 bits per heavy atom. The quantitative estimate of drug-likeness (QED) is 0.776. The second-order valence-electron chi connectivity index (χ2n) is 6.25. The van der Waals surface area contributed by atoms with Crippen molar-refractivity contribution in [3.8, 4) is 0 Å². The van der Waals surface area contributed by atoms with Gasteiger partial charge in [0.25, 0.3) is 0 Å². The Kier molecular flexibility index (Phi) is 4.05. The van der Waals surface area contributed by atoms with Crippen molar-refractivity contribution < 1.29 is 19.8 Å². The molecular formula is C13H23NO4. The van der Waals surface area contributed by atoms with Gasteiger partial charge in [-0.1, -0.05) is 27.7 Å². The number of aliphatic carboxylic acids is 1. The molecule has 5 heteroatoms. The first-order chi connectivity index (χ1) is 8.08. The summed E-state index contributed by atoms with van der Waals surface area (Å²) in [4.78, 5) is 24.8. The molecule has 1 fully saturated rings. The fourth-order valence-corrected chi connectivity index (χ4v) is 1.96. The lowest BCUT2D eigenvalue weighted by atomic mass is 9.80. The van der Waals surface area contributed by atoms with Gasteiger partial charge in [-0.3, -0.25) is 4.79 Å². The van der Waals surface area contributed by atoms with Gasteiger partial charge < -0.3 is 15.1 Å². The topological polar surface area (TPSA) is 77.8 Å². The molecule has 1 aliphatic rings. The molecule has 104 valence electrons. The van der Waals surface area contributed by atoms with E-state index in [2.05, 4.69) is 0 Å². The van der Waals surface area contributed by atoms with Gasteiger partial charge in [0, 0.05) is 31.8 Å². The number of nitrogens with zero attached hydrogens (tertiary/aromatic N) is 1. The summed E-state index contributed by atoms with van der Waals surface area (Å²) in [6, 6.07) is 0. The number of amides is 1. The SMILES string of the molecule is CC(C(=O)N1CCC(O)(C(=O)O)CC1)C(C)(C)C. The molecule has 5 nitrogen and oxygen atoms in total. The van der Waals surface area contributed by atoms with Gasteiger partial charge in [0.15, 0.2) is 5.60 Å². The molecule has 18 heavy (non-hydrogen) atoms. The third-order valence-electron chi connectivity index (χ3n) is 3.97. The van der Waals surface area contributed by atoms with Crippen molar-refractivity contribution in [2.45, 2.75) is 46.1 Å². The van der Waals surface area contributed by atoms with Gasteiger partial charge in [-0.25, -0.2) is 4.79 Å². The van der Waals surface area contributed by atoms with Crippen molar-refractivity contribution in [3.05, 3.63) is 0 Å². The van der Waals surface area contributed by atoms with Gasteiger partial charge in [-0.2, -0.15) is 0 Å². The van der Waals surface area contributed by atoms with Crippen LogP contribution >= 0.6 is 0 Å². The van der Waals surface area contributed by atoms with E-state index in [1.165, 1.54) is 0 Å². The molecule has 1 saturated heterocycles. The number of likely N-dealkylation sites (tertiary alicyclic amines) is 1. The van der Waals surface area contributed by atoms with Crippen LogP contribution in [0.5, 0.6) is 0 Å². The summed E-state index contributed by atoms with van der Waals surface area (Å²) >= 11 is 0. The van der Waals surface area contributed by atoms with Gasteiger partial charge in [0.1, 0.15) is 0 Å². The predicted octanol–water partition coefficient (Wildman–Crippen LogP) is 1.11. The predicted molar refractivity (Wildman–Crippen MR) is 67.0 cm³/mol. The molecular weight excluding hydrogens is 234 g/mol. The van der Waals surface area contributed by atoms with Crippen LogP contribution in [0.25, 0.3) is 0 Å². The van der Waals surface area contributed by atoms with Crippen molar-refractivity contribution in [1.29, 1.82) is 0 Å². The first-order valence-electron chi connectivity index (χ1n) is 6.32. The maximum Gasteiger partial charge on any atom is 0.335 e. The Morgan fingerprint density at radius 3 is 2.00 bits per heavy atom. The highest BCUT2D eigenvalue weighted by Crippen LogP contribution is 2.29. The Balaban J connectivity index is 2.64. The van der Waals surface area contributed by atoms with Gasteiger partial charge in [0.05, 0.1) is 0 Å². The first-order valence-corrected chi connectivity index (χ1v) is 6.32. The maximum absolute atomic E-state index is 12.2. The number of carboxylic acid groups (broad SMARTS) is 1. The number of piperidine rings is 1. The molecule has 1 amide bonds. The summed E-state index contributed by atoms with van der Waals surface area (Å²) in [6.07, 6.45) is 0.204. The van der Waals surface area contributed by atoms with Crippen LogP contribution in [0.15, 0.2) is 0 Å². The monoisotopic (exact) mass is 257 g/mol. The van der Waals surface area contributed by atoms with Crippen LogP contribution in [-0.4, -0.2) is 45.7 Å². The van der Waals surface area contributed by atoms with Gasteiger partial charge in [-0.15, -0.1) is 0 Å². The summed E-state index contributed by atoms with van der Waals surface area (Å²) in [5.74, 6) is -1.28. The number of carbonyl (C=O) groups is 2. The van der Waals surface area contributed by atoms with E-state index in [9.17, 15) is 14.7 Å². The fourth-order valence-electron chi connectivity index (χ4n) is 1.96. The maximum atomic E-state index is 12.2. The molecule has 0 aliphatic carbocycles. The summed E-state index contributed by atoms with van der Waals surface area (Å²) in [5, 5.41) is 18.7. The van der Waals surface area contributed by atoms with Crippen LogP contribution in [0.1, 0.15) is 40.5 Å². The standard InChI is InChI=1S/C13H23NO4/c1-9(12(2,3)4)10(15)14-7-5-13(18,6-8-14)11(16)17/h9,18H,5-8H2,1-4H3,(H,16,17). The van der Waals surface area contributed by atoms with E-state index in [1.807, 2.05) is 27.7 Å². The highest BCUT2D eigenvalue weighted by molar-refractivity contribution is 5.81. The van der Waals surface area contributed by atoms with Crippen LogP contribution in [0.2, 0.25) is 0 Å². The molecule has 0 spiro atoms. The first kappa shape index (κ1) is 15.0. The Hall–Kier alpha value is -1.10. The third kappa shape index (κ3) is 3.02. The molecule has 0 saturated carbocycles. The highest BCUT2D eigenvalue weighted by atomic mass is 16.4.